The Hall–Kier alpha value is -0.910. The lowest BCUT2D eigenvalue weighted by molar-refractivity contribution is 0.147. The Labute approximate surface area is 109 Å². The second-order valence-electron chi connectivity index (χ2n) is 4.21. The average molecular weight is 271 g/mol. The molecule has 1 N–H and O–H groups in total. The molecule has 0 saturated carbocycles. The highest BCUT2D eigenvalue weighted by molar-refractivity contribution is 7.90. The highest BCUT2D eigenvalue weighted by Gasteiger charge is 2.08. The summed E-state index contributed by atoms with van der Waals surface area (Å²) in [5, 5.41) is 3.32. The fraction of sp³-hybridized carbons (Fsp3) is 0.538. The molecule has 0 heterocycles. The zero-order valence-electron chi connectivity index (χ0n) is 11.1. The third-order valence-corrected chi connectivity index (χ3v) is 3.84. The van der Waals surface area contributed by atoms with E-state index in [9.17, 15) is 8.42 Å². The first-order valence-corrected chi connectivity index (χ1v) is 7.95. The lowest BCUT2D eigenvalue weighted by Crippen LogP contribution is -2.23. The Kier molecular flexibility index (Phi) is 5.78. The van der Waals surface area contributed by atoms with Crippen LogP contribution in [-0.2, 0) is 14.6 Å². The molecular formula is C13H21NO3S. The minimum absolute atomic E-state index is 0.180. The van der Waals surface area contributed by atoms with E-state index in [1.165, 1.54) is 6.26 Å². The van der Waals surface area contributed by atoms with E-state index >= 15 is 0 Å². The van der Waals surface area contributed by atoms with Gasteiger partial charge in [0.2, 0.25) is 0 Å². The summed E-state index contributed by atoms with van der Waals surface area (Å²) in [5.74, 6) is 0. The Bertz CT molecular complexity index is 454. The summed E-state index contributed by atoms with van der Waals surface area (Å²) in [7, 11) is -3.11. The van der Waals surface area contributed by atoms with Crippen LogP contribution in [-0.4, -0.2) is 34.4 Å². The normalized spacial score (nSPS) is 13.5. The van der Waals surface area contributed by atoms with Crippen LogP contribution >= 0.6 is 0 Å². The largest absolute Gasteiger partial charge is 0.380 e. The maximum atomic E-state index is 11.3. The number of rotatable bonds is 7. The Balaban J connectivity index is 2.57. The molecule has 0 radical (unpaired) electrons. The first-order chi connectivity index (χ1) is 8.45. The van der Waals surface area contributed by atoms with Crippen molar-refractivity contribution in [2.75, 3.05) is 26.0 Å². The van der Waals surface area contributed by atoms with Crippen molar-refractivity contribution in [3.05, 3.63) is 29.8 Å². The van der Waals surface area contributed by atoms with Crippen molar-refractivity contribution in [2.24, 2.45) is 0 Å². The van der Waals surface area contributed by atoms with Crippen LogP contribution in [0.15, 0.2) is 29.2 Å². The molecule has 0 amide bonds. The van der Waals surface area contributed by atoms with Gasteiger partial charge in [-0.3, -0.25) is 0 Å². The molecule has 0 saturated heterocycles. The van der Waals surface area contributed by atoms with Crippen molar-refractivity contribution in [3.63, 3.8) is 0 Å². The molecule has 0 aromatic heterocycles. The van der Waals surface area contributed by atoms with E-state index in [-0.39, 0.29) is 6.04 Å². The fourth-order valence-corrected chi connectivity index (χ4v) is 2.24. The van der Waals surface area contributed by atoms with Crippen molar-refractivity contribution in [2.45, 2.75) is 24.8 Å². The molecule has 102 valence electrons. The summed E-state index contributed by atoms with van der Waals surface area (Å²) in [5.41, 5.74) is 1.07. The van der Waals surface area contributed by atoms with E-state index in [4.69, 9.17) is 4.74 Å². The van der Waals surface area contributed by atoms with Crippen molar-refractivity contribution in [3.8, 4) is 0 Å². The van der Waals surface area contributed by atoms with Crippen molar-refractivity contribution in [1.82, 2.24) is 5.32 Å². The molecule has 18 heavy (non-hydrogen) atoms. The van der Waals surface area contributed by atoms with Crippen LogP contribution in [0.4, 0.5) is 0 Å². The number of hydrogen-bond acceptors (Lipinski definition) is 4. The monoisotopic (exact) mass is 271 g/mol. The van der Waals surface area contributed by atoms with E-state index in [2.05, 4.69) is 5.32 Å². The summed E-state index contributed by atoms with van der Waals surface area (Å²) in [6, 6.07) is 7.15. The molecule has 0 fully saturated rings. The predicted octanol–water partition coefficient (Wildman–Crippen LogP) is 1.78. The number of benzene rings is 1. The Morgan fingerprint density at radius 3 is 2.39 bits per heavy atom. The van der Waals surface area contributed by atoms with E-state index in [1.54, 1.807) is 12.1 Å². The minimum atomic E-state index is -3.11. The predicted molar refractivity (Wildman–Crippen MR) is 72.5 cm³/mol. The van der Waals surface area contributed by atoms with Crippen molar-refractivity contribution < 1.29 is 13.2 Å². The standard InChI is InChI=1S/C13H21NO3S/c1-4-17-10-9-14-11(2)12-5-7-13(8-6-12)18(3,15)16/h5-8,11,14H,4,9-10H2,1-3H3. The molecule has 1 rings (SSSR count). The second kappa shape index (κ2) is 6.87. The van der Waals surface area contributed by atoms with Gasteiger partial charge in [-0.05, 0) is 31.5 Å². The Morgan fingerprint density at radius 2 is 1.89 bits per heavy atom. The molecule has 1 unspecified atom stereocenters. The van der Waals surface area contributed by atoms with Crippen LogP contribution < -0.4 is 5.32 Å². The molecule has 5 heteroatoms. The molecule has 0 bridgehead atoms. The number of sulfone groups is 1. The molecular weight excluding hydrogens is 250 g/mol. The zero-order chi connectivity index (χ0) is 13.6. The van der Waals surface area contributed by atoms with Gasteiger partial charge in [-0.15, -0.1) is 0 Å². The van der Waals surface area contributed by atoms with Crippen LogP contribution in [0.3, 0.4) is 0 Å². The molecule has 1 aromatic rings. The van der Waals surface area contributed by atoms with Gasteiger partial charge in [0, 0.05) is 25.4 Å². The second-order valence-corrected chi connectivity index (χ2v) is 6.23. The number of ether oxygens (including phenoxy) is 1. The first-order valence-electron chi connectivity index (χ1n) is 6.06. The first kappa shape index (κ1) is 15.1. The van der Waals surface area contributed by atoms with Crippen molar-refractivity contribution >= 4 is 9.84 Å². The van der Waals surface area contributed by atoms with Crippen LogP contribution in [0.5, 0.6) is 0 Å². The third kappa shape index (κ3) is 4.76. The quantitative estimate of drug-likeness (QED) is 0.768. The van der Waals surface area contributed by atoms with Gasteiger partial charge in [-0.1, -0.05) is 12.1 Å². The van der Waals surface area contributed by atoms with E-state index in [0.717, 1.165) is 18.7 Å². The van der Waals surface area contributed by atoms with Crippen LogP contribution in [0.25, 0.3) is 0 Å². The molecule has 1 aromatic carbocycles. The topological polar surface area (TPSA) is 55.4 Å². The minimum Gasteiger partial charge on any atom is -0.380 e. The highest BCUT2D eigenvalue weighted by Crippen LogP contribution is 2.15. The summed E-state index contributed by atoms with van der Waals surface area (Å²) < 4.78 is 27.9. The summed E-state index contributed by atoms with van der Waals surface area (Å²) in [6.45, 7) is 6.19. The lowest BCUT2D eigenvalue weighted by Gasteiger charge is -2.14. The van der Waals surface area contributed by atoms with Gasteiger partial charge in [0.1, 0.15) is 0 Å². The van der Waals surface area contributed by atoms with Gasteiger partial charge in [0.15, 0.2) is 9.84 Å². The molecule has 1 atom stereocenters. The zero-order valence-corrected chi connectivity index (χ0v) is 12.0. The number of nitrogens with one attached hydrogen (secondary N) is 1. The third-order valence-electron chi connectivity index (χ3n) is 2.71. The van der Waals surface area contributed by atoms with Gasteiger partial charge in [-0.2, -0.15) is 0 Å². The molecule has 0 aliphatic rings. The summed E-state index contributed by atoms with van der Waals surface area (Å²) in [6.07, 6.45) is 1.21. The smallest absolute Gasteiger partial charge is 0.175 e. The lowest BCUT2D eigenvalue weighted by atomic mass is 10.1. The summed E-state index contributed by atoms with van der Waals surface area (Å²) >= 11 is 0. The van der Waals surface area contributed by atoms with Gasteiger partial charge in [0.25, 0.3) is 0 Å². The van der Waals surface area contributed by atoms with Crippen molar-refractivity contribution in [1.29, 1.82) is 0 Å². The molecule has 4 nitrogen and oxygen atoms in total. The maximum absolute atomic E-state index is 11.3. The molecule has 0 aliphatic carbocycles. The molecule has 0 aliphatic heterocycles. The van der Waals surface area contributed by atoms with Gasteiger partial charge >= 0.3 is 0 Å². The fourth-order valence-electron chi connectivity index (χ4n) is 1.61. The highest BCUT2D eigenvalue weighted by atomic mass is 32.2. The summed E-state index contributed by atoms with van der Waals surface area (Å²) in [4.78, 5) is 0.354. The van der Waals surface area contributed by atoms with Crippen LogP contribution in [0.2, 0.25) is 0 Å². The van der Waals surface area contributed by atoms with Gasteiger partial charge in [0.05, 0.1) is 11.5 Å². The van der Waals surface area contributed by atoms with E-state index in [1.807, 2.05) is 26.0 Å². The maximum Gasteiger partial charge on any atom is 0.175 e. The average Bonchev–Trinajstić information content (AvgIpc) is 2.33. The van der Waals surface area contributed by atoms with E-state index < -0.39 is 9.84 Å². The van der Waals surface area contributed by atoms with Gasteiger partial charge in [-0.25, -0.2) is 8.42 Å². The van der Waals surface area contributed by atoms with Crippen LogP contribution in [0, 0.1) is 0 Å². The number of hydrogen-bond donors (Lipinski definition) is 1. The Morgan fingerprint density at radius 1 is 1.28 bits per heavy atom. The SMILES string of the molecule is CCOCCNC(C)c1ccc(S(C)(=O)=O)cc1. The van der Waals surface area contributed by atoms with Gasteiger partial charge < -0.3 is 10.1 Å². The van der Waals surface area contributed by atoms with E-state index in [0.29, 0.717) is 11.5 Å². The van der Waals surface area contributed by atoms with Crippen LogP contribution in [0.1, 0.15) is 25.5 Å². The molecule has 0 spiro atoms.